The van der Waals surface area contributed by atoms with Crippen molar-refractivity contribution in [2.45, 2.75) is 24.0 Å². The van der Waals surface area contributed by atoms with Gasteiger partial charge in [0.1, 0.15) is 22.9 Å². The molecule has 0 spiro atoms. The predicted molar refractivity (Wildman–Crippen MR) is 122 cm³/mol. The van der Waals surface area contributed by atoms with Crippen molar-refractivity contribution in [1.29, 1.82) is 0 Å². The second kappa shape index (κ2) is 10.7. The van der Waals surface area contributed by atoms with E-state index in [-0.39, 0.29) is 12.0 Å². The van der Waals surface area contributed by atoms with E-state index in [2.05, 4.69) is 31.2 Å². The Labute approximate surface area is 187 Å². The minimum atomic E-state index is 0.00563. The number of para-hydroxylation sites is 2. The van der Waals surface area contributed by atoms with E-state index in [9.17, 15) is 4.79 Å². The predicted octanol–water partition coefficient (Wildman–Crippen LogP) is 2.20. The lowest BCUT2D eigenvalue weighted by molar-refractivity contribution is -0.119. The number of aromatic nitrogens is 2. The molecule has 0 bridgehead atoms. The summed E-state index contributed by atoms with van der Waals surface area (Å²) >= 11 is 1.43. The molecule has 1 aromatic heterocycles. The Balaban J connectivity index is 1.27. The van der Waals surface area contributed by atoms with Crippen LogP contribution in [0.3, 0.4) is 0 Å². The fraction of sp³-hybridized carbons (Fsp3) is 0.500. The van der Waals surface area contributed by atoms with E-state index >= 15 is 0 Å². The molecule has 2 saturated heterocycles. The smallest absolute Gasteiger partial charge is 0.230 e. The molecule has 9 heteroatoms. The van der Waals surface area contributed by atoms with Gasteiger partial charge in [-0.3, -0.25) is 4.79 Å². The largest absolute Gasteiger partial charge is 0.495 e. The van der Waals surface area contributed by atoms with Gasteiger partial charge < -0.3 is 24.6 Å². The van der Waals surface area contributed by atoms with E-state index < -0.39 is 0 Å². The van der Waals surface area contributed by atoms with Gasteiger partial charge in [0.25, 0.3) is 0 Å². The lowest BCUT2D eigenvalue weighted by Crippen LogP contribution is -2.47. The highest BCUT2D eigenvalue weighted by Gasteiger charge is 2.21. The summed E-state index contributed by atoms with van der Waals surface area (Å²) < 4.78 is 11.0. The molecule has 2 aliphatic heterocycles. The van der Waals surface area contributed by atoms with E-state index in [0.29, 0.717) is 12.3 Å². The number of nitrogens with zero attached hydrogens (tertiary/aromatic N) is 4. The molecule has 8 nitrogen and oxygen atoms in total. The zero-order valence-corrected chi connectivity index (χ0v) is 18.6. The highest BCUT2D eigenvalue weighted by Crippen LogP contribution is 2.29. The maximum atomic E-state index is 12.1. The summed E-state index contributed by atoms with van der Waals surface area (Å²) in [6, 6.07) is 10.1. The molecule has 1 N–H and O–H groups in total. The molecule has 4 rings (SSSR count). The molecule has 166 valence electrons. The van der Waals surface area contributed by atoms with Gasteiger partial charge in [-0.05, 0) is 25.0 Å². The number of hydrogen-bond donors (Lipinski definition) is 1. The molecular weight excluding hydrogens is 414 g/mol. The summed E-state index contributed by atoms with van der Waals surface area (Å²) in [4.78, 5) is 25.5. The van der Waals surface area contributed by atoms with Crippen LogP contribution >= 0.6 is 11.8 Å². The number of thioether (sulfide) groups is 1. The van der Waals surface area contributed by atoms with Crippen LogP contribution in [0.25, 0.3) is 0 Å². The molecule has 0 aliphatic carbocycles. The molecule has 1 amide bonds. The summed E-state index contributed by atoms with van der Waals surface area (Å²) in [6.45, 7) is 4.89. The number of benzene rings is 1. The second-order valence-electron chi connectivity index (χ2n) is 7.59. The van der Waals surface area contributed by atoms with Crippen molar-refractivity contribution < 1.29 is 14.3 Å². The van der Waals surface area contributed by atoms with E-state index in [0.717, 1.165) is 67.9 Å². The Morgan fingerprint density at radius 1 is 1.23 bits per heavy atom. The fourth-order valence-corrected chi connectivity index (χ4v) is 4.56. The first kappa shape index (κ1) is 21.7. The molecule has 1 unspecified atom stereocenters. The summed E-state index contributed by atoms with van der Waals surface area (Å²) in [7, 11) is 1.71. The van der Waals surface area contributed by atoms with Crippen LogP contribution in [0.15, 0.2) is 41.7 Å². The van der Waals surface area contributed by atoms with Crippen molar-refractivity contribution in [2.75, 3.05) is 62.0 Å². The van der Waals surface area contributed by atoms with Crippen LogP contribution in [0.5, 0.6) is 5.75 Å². The van der Waals surface area contributed by atoms with Crippen LogP contribution < -0.4 is 19.9 Å². The molecule has 1 aromatic carbocycles. The number of hydrogen-bond acceptors (Lipinski definition) is 8. The molecular formula is C22H29N5O3S. The highest BCUT2D eigenvalue weighted by molar-refractivity contribution is 7.99. The first-order chi connectivity index (χ1) is 15.2. The van der Waals surface area contributed by atoms with E-state index in [1.54, 1.807) is 13.4 Å². The van der Waals surface area contributed by atoms with Gasteiger partial charge in [0, 0.05) is 45.4 Å². The average Bonchev–Trinajstić information content (AvgIpc) is 3.35. The summed E-state index contributed by atoms with van der Waals surface area (Å²) in [5.41, 5.74) is 1.12. The Kier molecular flexibility index (Phi) is 7.48. The number of carbonyl (C=O) groups is 1. The standard InChI is InChI=1S/C22H29N5O3S/c1-29-19-7-3-2-6-18(19)26-8-10-27(11-9-26)20-13-22(25-16-24-20)31-15-21(28)23-14-17-5-4-12-30-17/h2-3,6-7,13,16-17H,4-5,8-12,14-15H2,1H3,(H,23,28). The van der Waals surface area contributed by atoms with Gasteiger partial charge in [0.2, 0.25) is 5.91 Å². The molecule has 3 heterocycles. The third-order valence-corrected chi connectivity index (χ3v) is 6.48. The zero-order chi connectivity index (χ0) is 21.5. The number of piperazine rings is 1. The van der Waals surface area contributed by atoms with Gasteiger partial charge in [0.05, 0.1) is 24.7 Å². The monoisotopic (exact) mass is 443 g/mol. The number of nitrogens with one attached hydrogen (secondary N) is 1. The van der Waals surface area contributed by atoms with Crippen LogP contribution in [-0.4, -0.2) is 74.2 Å². The van der Waals surface area contributed by atoms with Gasteiger partial charge in [-0.1, -0.05) is 23.9 Å². The Hall–Kier alpha value is -2.52. The highest BCUT2D eigenvalue weighted by atomic mass is 32.2. The number of rotatable bonds is 8. The van der Waals surface area contributed by atoms with Gasteiger partial charge in [-0.2, -0.15) is 0 Å². The number of anilines is 2. The lowest BCUT2D eigenvalue weighted by atomic mass is 10.2. The number of amides is 1. The van der Waals surface area contributed by atoms with Crippen LogP contribution in [0, 0.1) is 0 Å². The summed E-state index contributed by atoms with van der Waals surface area (Å²) in [5.74, 6) is 2.14. The van der Waals surface area contributed by atoms with E-state index in [1.807, 2.05) is 24.3 Å². The molecule has 0 saturated carbocycles. The molecule has 0 radical (unpaired) electrons. The lowest BCUT2D eigenvalue weighted by Gasteiger charge is -2.37. The van der Waals surface area contributed by atoms with E-state index in [4.69, 9.17) is 9.47 Å². The van der Waals surface area contributed by atoms with Crippen LogP contribution in [0.2, 0.25) is 0 Å². The minimum Gasteiger partial charge on any atom is -0.495 e. The maximum absolute atomic E-state index is 12.1. The van der Waals surface area contributed by atoms with Gasteiger partial charge in [0.15, 0.2) is 0 Å². The maximum Gasteiger partial charge on any atom is 0.230 e. The van der Waals surface area contributed by atoms with Crippen LogP contribution in [-0.2, 0) is 9.53 Å². The second-order valence-corrected chi connectivity index (χ2v) is 8.58. The van der Waals surface area contributed by atoms with Gasteiger partial charge in [-0.25, -0.2) is 9.97 Å². The average molecular weight is 444 g/mol. The van der Waals surface area contributed by atoms with Crippen molar-refractivity contribution in [3.05, 3.63) is 36.7 Å². The van der Waals surface area contributed by atoms with Crippen molar-refractivity contribution >= 4 is 29.2 Å². The molecule has 1 atom stereocenters. The molecule has 2 aromatic rings. The SMILES string of the molecule is COc1ccccc1N1CCN(c2cc(SCC(=O)NCC3CCCO3)ncn2)CC1. The molecule has 2 aliphatic rings. The van der Waals surface area contributed by atoms with Crippen molar-refractivity contribution in [3.63, 3.8) is 0 Å². The Bertz CT molecular complexity index is 870. The summed E-state index contributed by atoms with van der Waals surface area (Å²) in [5, 5.41) is 3.76. The minimum absolute atomic E-state index is 0.00563. The van der Waals surface area contributed by atoms with Gasteiger partial charge in [-0.15, -0.1) is 0 Å². The van der Waals surface area contributed by atoms with Gasteiger partial charge >= 0.3 is 0 Å². The topological polar surface area (TPSA) is 79.8 Å². The van der Waals surface area contributed by atoms with Crippen molar-refractivity contribution in [1.82, 2.24) is 15.3 Å². The summed E-state index contributed by atoms with van der Waals surface area (Å²) in [6.07, 6.45) is 3.84. The molecule has 2 fully saturated rings. The first-order valence-corrected chi connectivity index (χ1v) is 11.7. The fourth-order valence-electron chi connectivity index (χ4n) is 3.87. The third kappa shape index (κ3) is 5.80. The van der Waals surface area contributed by atoms with Crippen molar-refractivity contribution in [2.24, 2.45) is 0 Å². The van der Waals surface area contributed by atoms with Crippen LogP contribution in [0.1, 0.15) is 12.8 Å². The number of ether oxygens (including phenoxy) is 2. The molecule has 31 heavy (non-hydrogen) atoms. The van der Waals surface area contributed by atoms with Crippen molar-refractivity contribution in [3.8, 4) is 5.75 Å². The number of methoxy groups -OCH3 is 1. The third-order valence-electron chi connectivity index (χ3n) is 5.56. The van der Waals surface area contributed by atoms with E-state index in [1.165, 1.54) is 11.8 Å². The zero-order valence-electron chi connectivity index (χ0n) is 17.8. The quantitative estimate of drug-likeness (QED) is 0.491. The van der Waals surface area contributed by atoms with Crippen LogP contribution in [0.4, 0.5) is 11.5 Å². The first-order valence-electron chi connectivity index (χ1n) is 10.7. The normalized spacial score (nSPS) is 18.8. The Morgan fingerprint density at radius 2 is 2.03 bits per heavy atom. The number of carbonyl (C=O) groups excluding carboxylic acids is 1. The Morgan fingerprint density at radius 3 is 2.81 bits per heavy atom.